The first-order valence-corrected chi connectivity index (χ1v) is 9.70. The highest BCUT2D eigenvalue weighted by atomic mass is 19.1. The van der Waals surface area contributed by atoms with Gasteiger partial charge in [-0.05, 0) is 37.8 Å². The number of aliphatic hydroxyl groups excluding tert-OH is 1. The summed E-state index contributed by atoms with van der Waals surface area (Å²) in [4.78, 5) is 13.4. The van der Waals surface area contributed by atoms with Crippen molar-refractivity contribution >= 4 is 28.7 Å². The molecular formula is C20H22FN7O. The molecule has 0 unspecified atom stereocenters. The Hall–Kier alpha value is -3.25. The lowest BCUT2D eigenvalue weighted by Crippen LogP contribution is -2.28. The molecule has 4 rings (SSSR count). The van der Waals surface area contributed by atoms with E-state index in [9.17, 15) is 9.50 Å². The highest BCUT2D eigenvalue weighted by Crippen LogP contribution is 2.25. The molecule has 1 aromatic carbocycles. The van der Waals surface area contributed by atoms with Crippen LogP contribution in [0, 0.1) is 17.1 Å². The van der Waals surface area contributed by atoms with Gasteiger partial charge in [-0.15, -0.1) is 0 Å². The number of anilines is 3. The van der Waals surface area contributed by atoms with Crippen LogP contribution in [-0.2, 0) is 6.54 Å². The first-order valence-electron chi connectivity index (χ1n) is 9.70. The molecule has 150 valence electrons. The van der Waals surface area contributed by atoms with Crippen molar-refractivity contribution < 1.29 is 9.50 Å². The number of imidazole rings is 1. The van der Waals surface area contributed by atoms with Crippen LogP contribution in [0.5, 0.6) is 0 Å². The van der Waals surface area contributed by atoms with Gasteiger partial charge in [0.1, 0.15) is 11.3 Å². The van der Waals surface area contributed by atoms with E-state index < -0.39 is 0 Å². The van der Waals surface area contributed by atoms with Gasteiger partial charge in [-0.3, -0.25) is 4.57 Å². The lowest BCUT2D eigenvalue weighted by Gasteiger charge is -2.26. The Morgan fingerprint density at radius 2 is 2.00 bits per heavy atom. The predicted molar refractivity (Wildman–Crippen MR) is 107 cm³/mol. The molecule has 2 aromatic heterocycles. The molecule has 0 radical (unpaired) electrons. The van der Waals surface area contributed by atoms with Crippen molar-refractivity contribution in [3.8, 4) is 6.07 Å². The van der Waals surface area contributed by atoms with Gasteiger partial charge in [-0.1, -0.05) is 12.1 Å². The van der Waals surface area contributed by atoms with E-state index in [1.807, 2.05) is 0 Å². The van der Waals surface area contributed by atoms with Crippen LogP contribution in [0.4, 0.5) is 22.0 Å². The van der Waals surface area contributed by atoms with Crippen molar-refractivity contribution in [2.75, 3.05) is 10.6 Å². The summed E-state index contributed by atoms with van der Waals surface area (Å²) in [5.41, 5.74) is 1.44. The largest absolute Gasteiger partial charge is 0.393 e. The molecule has 29 heavy (non-hydrogen) atoms. The molecule has 9 heteroatoms. The number of nitriles is 1. The van der Waals surface area contributed by atoms with Crippen LogP contribution in [0.3, 0.4) is 0 Å². The second kappa shape index (κ2) is 8.41. The van der Waals surface area contributed by atoms with Crippen molar-refractivity contribution in [1.29, 1.82) is 5.26 Å². The third-order valence-electron chi connectivity index (χ3n) is 5.09. The minimum atomic E-state index is -0.390. The molecule has 1 fully saturated rings. The number of hydrogen-bond donors (Lipinski definition) is 3. The standard InChI is InChI=1S/C20H22FN7O/c21-15-4-1-2-5-16(15)25-20-26-17-12-23-19(24-13-6-8-14(29)9-7-13)27-18(17)28(20)11-3-10-22/h1-2,4-5,12-14,29H,3,6-9,11H2,(H,25,26)(H,23,24,27). The number of para-hydroxylation sites is 1. The van der Waals surface area contributed by atoms with Crippen LogP contribution in [0.25, 0.3) is 11.2 Å². The number of benzene rings is 1. The fourth-order valence-electron chi connectivity index (χ4n) is 3.54. The quantitative estimate of drug-likeness (QED) is 0.587. The molecule has 0 aliphatic heterocycles. The summed E-state index contributed by atoms with van der Waals surface area (Å²) in [6.45, 7) is 0.371. The van der Waals surface area contributed by atoms with Crippen LogP contribution < -0.4 is 10.6 Å². The summed E-state index contributed by atoms with van der Waals surface area (Å²) in [7, 11) is 0. The van der Waals surface area contributed by atoms with Gasteiger partial charge in [-0.2, -0.15) is 10.2 Å². The Balaban J connectivity index is 1.64. The molecular weight excluding hydrogens is 373 g/mol. The number of fused-ring (bicyclic) bond motifs is 1. The SMILES string of the molecule is N#CCCn1c(Nc2ccccc2F)nc2cnc(NC3CCC(O)CC3)nc21. The lowest BCUT2D eigenvalue weighted by atomic mass is 9.93. The Bertz CT molecular complexity index is 1040. The van der Waals surface area contributed by atoms with E-state index >= 15 is 0 Å². The van der Waals surface area contributed by atoms with Crippen LogP contribution in [0.1, 0.15) is 32.1 Å². The number of aromatic nitrogens is 4. The maximum Gasteiger partial charge on any atom is 0.224 e. The molecule has 3 N–H and O–H groups in total. The maximum absolute atomic E-state index is 14.1. The molecule has 1 aliphatic carbocycles. The molecule has 8 nitrogen and oxygen atoms in total. The van der Waals surface area contributed by atoms with Crippen molar-refractivity contribution in [1.82, 2.24) is 19.5 Å². The van der Waals surface area contributed by atoms with Gasteiger partial charge in [0.15, 0.2) is 5.65 Å². The minimum Gasteiger partial charge on any atom is -0.393 e. The van der Waals surface area contributed by atoms with Crippen molar-refractivity contribution in [2.45, 2.75) is 50.8 Å². The van der Waals surface area contributed by atoms with E-state index in [-0.39, 0.29) is 24.4 Å². The summed E-state index contributed by atoms with van der Waals surface area (Å²) in [5, 5.41) is 25.0. The Kier molecular flexibility index (Phi) is 5.53. The fraction of sp³-hybridized carbons (Fsp3) is 0.400. The van der Waals surface area contributed by atoms with Gasteiger partial charge >= 0.3 is 0 Å². The number of halogens is 1. The molecule has 0 atom stereocenters. The molecule has 1 saturated carbocycles. The Morgan fingerprint density at radius 3 is 2.76 bits per heavy atom. The summed E-state index contributed by atoms with van der Waals surface area (Å²) in [5.74, 6) is 0.501. The zero-order valence-corrected chi connectivity index (χ0v) is 15.8. The van der Waals surface area contributed by atoms with E-state index in [2.05, 4.69) is 31.7 Å². The summed E-state index contributed by atoms with van der Waals surface area (Å²) in [6.07, 6.45) is 4.90. The third-order valence-corrected chi connectivity index (χ3v) is 5.09. The third kappa shape index (κ3) is 4.27. The zero-order valence-electron chi connectivity index (χ0n) is 15.8. The predicted octanol–water partition coefficient (Wildman–Crippen LogP) is 3.34. The fourth-order valence-corrected chi connectivity index (χ4v) is 3.54. The van der Waals surface area contributed by atoms with Crippen LogP contribution in [0.15, 0.2) is 30.5 Å². The number of hydrogen-bond acceptors (Lipinski definition) is 7. The first kappa shape index (κ1) is 19.1. The number of aliphatic hydroxyl groups is 1. The Morgan fingerprint density at radius 1 is 1.21 bits per heavy atom. The van der Waals surface area contributed by atoms with Crippen molar-refractivity contribution in [3.05, 3.63) is 36.3 Å². The second-order valence-electron chi connectivity index (χ2n) is 7.15. The molecule has 0 spiro atoms. The van der Waals surface area contributed by atoms with Crippen LogP contribution >= 0.6 is 0 Å². The van der Waals surface area contributed by atoms with Crippen molar-refractivity contribution in [3.63, 3.8) is 0 Å². The van der Waals surface area contributed by atoms with E-state index in [1.54, 1.807) is 29.0 Å². The zero-order chi connectivity index (χ0) is 20.2. The highest BCUT2D eigenvalue weighted by Gasteiger charge is 2.21. The number of rotatable bonds is 6. The minimum absolute atomic E-state index is 0.210. The maximum atomic E-state index is 14.1. The average molecular weight is 395 g/mol. The molecule has 1 aliphatic rings. The van der Waals surface area contributed by atoms with E-state index in [0.717, 1.165) is 25.7 Å². The van der Waals surface area contributed by atoms with Gasteiger partial charge in [0.2, 0.25) is 11.9 Å². The number of nitrogens with one attached hydrogen (secondary N) is 2. The highest BCUT2D eigenvalue weighted by molar-refractivity contribution is 5.76. The molecule has 2 heterocycles. The summed E-state index contributed by atoms with van der Waals surface area (Å²) in [6, 6.07) is 8.68. The molecule has 0 saturated heterocycles. The normalized spacial score (nSPS) is 19.1. The average Bonchev–Trinajstić information content (AvgIpc) is 3.06. The summed E-state index contributed by atoms with van der Waals surface area (Å²) >= 11 is 0. The second-order valence-corrected chi connectivity index (χ2v) is 7.15. The summed E-state index contributed by atoms with van der Waals surface area (Å²) < 4.78 is 15.8. The van der Waals surface area contributed by atoms with Gasteiger partial charge in [0.25, 0.3) is 0 Å². The number of nitrogens with zero attached hydrogens (tertiary/aromatic N) is 5. The monoisotopic (exact) mass is 395 g/mol. The molecule has 0 bridgehead atoms. The smallest absolute Gasteiger partial charge is 0.224 e. The molecule has 0 amide bonds. The van der Waals surface area contributed by atoms with Gasteiger partial charge in [0, 0.05) is 12.6 Å². The van der Waals surface area contributed by atoms with Gasteiger partial charge in [0.05, 0.1) is 30.5 Å². The molecule has 3 aromatic rings. The van der Waals surface area contributed by atoms with E-state index in [1.165, 1.54) is 6.07 Å². The van der Waals surface area contributed by atoms with Crippen LogP contribution in [-0.4, -0.2) is 36.8 Å². The van der Waals surface area contributed by atoms with E-state index in [4.69, 9.17) is 5.26 Å². The first-order chi connectivity index (χ1) is 14.1. The topological polar surface area (TPSA) is 112 Å². The van der Waals surface area contributed by atoms with Gasteiger partial charge in [-0.25, -0.2) is 14.4 Å². The number of aryl methyl sites for hydroxylation is 1. The van der Waals surface area contributed by atoms with E-state index in [0.29, 0.717) is 35.3 Å². The van der Waals surface area contributed by atoms with Gasteiger partial charge < -0.3 is 15.7 Å². The Labute approximate surface area is 167 Å². The van der Waals surface area contributed by atoms with Crippen molar-refractivity contribution in [2.24, 2.45) is 0 Å². The van der Waals surface area contributed by atoms with Crippen LogP contribution in [0.2, 0.25) is 0 Å². The lowest BCUT2D eigenvalue weighted by molar-refractivity contribution is 0.126.